The molecule has 2 unspecified atom stereocenters. The van der Waals surface area contributed by atoms with Gasteiger partial charge >= 0.3 is 0 Å². The standard InChI is InChI=1S/C28H22N2O4/c1-2-34-24-14-21(29-28(30-24)27-22(32)12-18(31)13-23(27)33)19-10-8-17-7-6-15-4-3-5-16-9-11-20(19)26(17)25(15)16/h3-14,20,26,31-33H,2H2,1H3. The summed E-state index contributed by atoms with van der Waals surface area (Å²) in [5, 5.41) is 30.6. The molecular formula is C28H22N2O4. The van der Waals surface area contributed by atoms with Gasteiger partial charge in [0.1, 0.15) is 22.8 Å². The van der Waals surface area contributed by atoms with Gasteiger partial charge in [-0.2, -0.15) is 4.98 Å². The summed E-state index contributed by atoms with van der Waals surface area (Å²) in [4.78, 5) is 9.14. The van der Waals surface area contributed by atoms with E-state index >= 15 is 0 Å². The molecule has 0 saturated carbocycles. The average Bonchev–Trinajstić information content (AvgIpc) is 2.82. The molecule has 2 aromatic carbocycles. The third-order valence-electron chi connectivity index (χ3n) is 6.55. The summed E-state index contributed by atoms with van der Waals surface area (Å²) in [6, 6.07) is 10.5. The molecule has 0 spiro atoms. The van der Waals surface area contributed by atoms with E-state index in [0.29, 0.717) is 18.2 Å². The van der Waals surface area contributed by atoms with E-state index in [0.717, 1.165) is 17.7 Å². The number of benzene rings is 2. The molecule has 3 aliphatic carbocycles. The van der Waals surface area contributed by atoms with Crippen LogP contribution < -0.4 is 4.74 Å². The number of ether oxygens (including phenoxy) is 1. The van der Waals surface area contributed by atoms with E-state index in [1.165, 1.54) is 22.3 Å². The van der Waals surface area contributed by atoms with Crippen LogP contribution in [0, 0.1) is 5.92 Å². The molecule has 2 atom stereocenters. The summed E-state index contributed by atoms with van der Waals surface area (Å²) < 4.78 is 5.71. The SMILES string of the molecule is CCOc1cc(C2=CC=C3C=Cc4cccc5c4C3C2C=C5)nc(-c2c(O)cc(O)cc2O)n1. The maximum Gasteiger partial charge on any atom is 0.217 e. The second-order valence-corrected chi connectivity index (χ2v) is 8.54. The largest absolute Gasteiger partial charge is 0.508 e. The highest BCUT2D eigenvalue weighted by molar-refractivity contribution is 5.83. The van der Waals surface area contributed by atoms with Gasteiger partial charge in [0.2, 0.25) is 5.88 Å². The van der Waals surface area contributed by atoms with Gasteiger partial charge in [-0.3, -0.25) is 0 Å². The van der Waals surface area contributed by atoms with E-state index in [9.17, 15) is 15.3 Å². The molecule has 0 bridgehead atoms. The van der Waals surface area contributed by atoms with Crippen LogP contribution in [0.25, 0.3) is 29.1 Å². The van der Waals surface area contributed by atoms with E-state index in [4.69, 9.17) is 9.72 Å². The van der Waals surface area contributed by atoms with Crippen LogP contribution in [0.15, 0.2) is 66.3 Å². The predicted octanol–water partition coefficient (Wildman–Crippen LogP) is 5.44. The maximum atomic E-state index is 10.4. The number of rotatable bonds is 4. The molecule has 1 aromatic heterocycles. The Kier molecular flexibility index (Phi) is 4.55. The van der Waals surface area contributed by atoms with Crippen molar-refractivity contribution in [1.29, 1.82) is 0 Å². The van der Waals surface area contributed by atoms with Crippen LogP contribution in [-0.2, 0) is 0 Å². The van der Waals surface area contributed by atoms with Gasteiger partial charge in [0.15, 0.2) is 5.82 Å². The lowest BCUT2D eigenvalue weighted by Crippen LogP contribution is -2.23. The Labute approximate surface area is 196 Å². The number of hydrogen-bond acceptors (Lipinski definition) is 6. The zero-order valence-electron chi connectivity index (χ0n) is 18.4. The van der Waals surface area contributed by atoms with Crippen LogP contribution >= 0.6 is 0 Å². The lowest BCUT2D eigenvalue weighted by atomic mass is 9.66. The van der Waals surface area contributed by atoms with Crippen LogP contribution in [0.3, 0.4) is 0 Å². The van der Waals surface area contributed by atoms with Crippen molar-refractivity contribution in [3.05, 3.63) is 88.7 Å². The molecule has 1 heterocycles. The van der Waals surface area contributed by atoms with Gasteiger partial charge < -0.3 is 20.1 Å². The van der Waals surface area contributed by atoms with Gasteiger partial charge in [0.05, 0.1) is 12.3 Å². The monoisotopic (exact) mass is 450 g/mol. The minimum atomic E-state index is -0.314. The summed E-state index contributed by atoms with van der Waals surface area (Å²) in [6.07, 6.45) is 12.9. The molecule has 34 heavy (non-hydrogen) atoms. The first-order valence-electron chi connectivity index (χ1n) is 11.2. The first-order chi connectivity index (χ1) is 16.5. The lowest BCUT2D eigenvalue weighted by molar-refractivity contribution is 0.326. The summed E-state index contributed by atoms with van der Waals surface area (Å²) in [6.45, 7) is 2.27. The Hall–Kier alpha value is -4.32. The van der Waals surface area contributed by atoms with Crippen molar-refractivity contribution in [2.45, 2.75) is 12.8 Å². The number of phenols is 3. The predicted molar refractivity (Wildman–Crippen MR) is 130 cm³/mol. The second-order valence-electron chi connectivity index (χ2n) is 8.54. The quantitative estimate of drug-likeness (QED) is 0.490. The van der Waals surface area contributed by atoms with E-state index in [1.807, 2.05) is 6.92 Å². The number of nitrogens with zero attached hydrogens (tertiary/aromatic N) is 2. The second kappa shape index (κ2) is 7.63. The van der Waals surface area contributed by atoms with Crippen LogP contribution in [0.5, 0.6) is 23.1 Å². The zero-order chi connectivity index (χ0) is 23.4. The molecule has 0 saturated heterocycles. The van der Waals surface area contributed by atoms with Crippen molar-refractivity contribution in [2.24, 2.45) is 5.92 Å². The molecule has 6 heteroatoms. The number of hydrogen-bond donors (Lipinski definition) is 3. The summed E-state index contributed by atoms with van der Waals surface area (Å²) in [5.74, 6) is -0.162. The topological polar surface area (TPSA) is 95.7 Å². The summed E-state index contributed by atoms with van der Waals surface area (Å²) in [7, 11) is 0. The number of aromatic nitrogens is 2. The molecule has 3 aromatic rings. The van der Waals surface area contributed by atoms with E-state index in [-0.39, 0.29) is 40.5 Å². The Morgan fingerprint density at radius 3 is 2.44 bits per heavy atom. The van der Waals surface area contributed by atoms with Gasteiger partial charge in [0, 0.05) is 30.0 Å². The molecule has 0 fully saturated rings. The Bertz CT molecular complexity index is 1440. The highest BCUT2D eigenvalue weighted by Crippen LogP contribution is 2.51. The van der Waals surface area contributed by atoms with Crippen molar-refractivity contribution in [1.82, 2.24) is 9.97 Å². The summed E-state index contributed by atoms with van der Waals surface area (Å²) >= 11 is 0. The molecule has 0 amide bonds. The Morgan fingerprint density at radius 2 is 1.68 bits per heavy atom. The van der Waals surface area contributed by atoms with Gasteiger partial charge in [-0.25, -0.2) is 4.98 Å². The molecule has 6 nitrogen and oxygen atoms in total. The molecule has 0 aliphatic heterocycles. The third kappa shape index (κ3) is 3.10. The number of allylic oxidation sites excluding steroid dienone is 6. The molecule has 0 radical (unpaired) electrons. The van der Waals surface area contributed by atoms with Crippen LogP contribution in [0.1, 0.15) is 35.2 Å². The van der Waals surface area contributed by atoms with Crippen molar-refractivity contribution in [2.75, 3.05) is 6.61 Å². The zero-order valence-corrected chi connectivity index (χ0v) is 18.4. The minimum Gasteiger partial charge on any atom is -0.508 e. The van der Waals surface area contributed by atoms with Crippen LogP contribution in [0.2, 0.25) is 0 Å². The van der Waals surface area contributed by atoms with E-state index < -0.39 is 0 Å². The molecular weight excluding hydrogens is 428 g/mol. The van der Waals surface area contributed by atoms with Gasteiger partial charge in [-0.05, 0) is 34.8 Å². The maximum absolute atomic E-state index is 10.4. The minimum absolute atomic E-state index is 0.0423. The van der Waals surface area contributed by atoms with Gasteiger partial charge in [-0.15, -0.1) is 0 Å². The van der Waals surface area contributed by atoms with Gasteiger partial charge in [0.25, 0.3) is 0 Å². The van der Waals surface area contributed by atoms with Gasteiger partial charge in [-0.1, -0.05) is 54.7 Å². The highest BCUT2D eigenvalue weighted by Gasteiger charge is 2.36. The molecule has 6 rings (SSSR count). The van der Waals surface area contributed by atoms with Crippen molar-refractivity contribution >= 4 is 17.7 Å². The Balaban J connectivity index is 1.52. The average molecular weight is 450 g/mol. The smallest absolute Gasteiger partial charge is 0.217 e. The fourth-order valence-corrected chi connectivity index (χ4v) is 5.14. The lowest BCUT2D eigenvalue weighted by Gasteiger charge is -2.37. The first-order valence-corrected chi connectivity index (χ1v) is 11.2. The molecule has 168 valence electrons. The van der Waals surface area contributed by atoms with Crippen molar-refractivity contribution < 1.29 is 20.1 Å². The van der Waals surface area contributed by atoms with Crippen LogP contribution in [0.4, 0.5) is 0 Å². The number of phenolic OH excluding ortho intramolecular Hbond substituents is 3. The molecule has 3 N–H and O–H groups in total. The first kappa shape index (κ1) is 20.3. The van der Waals surface area contributed by atoms with Crippen molar-refractivity contribution in [3.63, 3.8) is 0 Å². The van der Waals surface area contributed by atoms with Crippen LogP contribution in [-0.4, -0.2) is 31.9 Å². The normalized spacial score (nSPS) is 19.3. The van der Waals surface area contributed by atoms with E-state index in [2.05, 4.69) is 59.6 Å². The Morgan fingerprint density at radius 1 is 0.912 bits per heavy atom. The molecule has 3 aliphatic rings. The third-order valence-corrected chi connectivity index (χ3v) is 6.55. The fourth-order valence-electron chi connectivity index (χ4n) is 5.14. The number of aromatic hydroxyl groups is 3. The fraction of sp³-hybridized carbons (Fsp3) is 0.143. The summed E-state index contributed by atoms with van der Waals surface area (Å²) in [5.41, 5.74) is 6.73. The van der Waals surface area contributed by atoms with Crippen molar-refractivity contribution in [3.8, 4) is 34.5 Å². The van der Waals surface area contributed by atoms with E-state index in [1.54, 1.807) is 6.07 Å². The highest BCUT2D eigenvalue weighted by atomic mass is 16.5.